The highest BCUT2D eigenvalue weighted by atomic mass is 14.7. The first kappa shape index (κ1) is 12.3. The third-order valence-electron chi connectivity index (χ3n) is 2.92. The maximum atomic E-state index is 7.81. The van der Waals surface area contributed by atoms with Crippen LogP contribution in [0.25, 0.3) is 16.3 Å². The zero-order chi connectivity index (χ0) is 13.3. The van der Waals surface area contributed by atoms with Crippen LogP contribution < -0.4 is 5.73 Å². The maximum Gasteiger partial charge on any atom is 0.0379 e. The lowest BCUT2D eigenvalue weighted by molar-refractivity contribution is 1.22. The molecule has 0 fully saturated rings. The Hall–Kier alpha value is -2.16. The van der Waals surface area contributed by atoms with E-state index in [2.05, 4.69) is 11.1 Å². The second kappa shape index (κ2) is 4.61. The van der Waals surface area contributed by atoms with Crippen LogP contribution in [-0.4, -0.2) is 10.7 Å². The van der Waals surface area contributed by atoms with Gasteiger partial charge in [0.2, 0.25) is 0 Å². The number of nitrogens with two attached hydrogens (primary N) is 1. The van der Waals surface area contributed by atoms with E-state index < -0.39 is 0 Å². The molecule has 3 N–H and O–H groups in total. The molecule has 0 aliphatic carbocycles. The minimum absolute atomic E-state index is 0.481. The van der Waals surface area contributed by atoms with Gasteiger partial charge in [-0.25, -0.2) is 0 Å². The molecular weight excluding hydrogens is 222 g/mol. The van der Waals surface area contributed by atoms with E-state index >= 15 is 0 Å². The fourth-order valence-corrected chi connectivity index (χ4v) is 2.15. The van der Waals surface area contributed by atoms with Crippen LogP contribution in [0.1, 0.15) is 25.1 Å². The number of aryl methyl sites for hydroxylation is 1. The number of pyridine rings is 1. The molecule has 0 unspecified atom stereocenters. The zero-order valence-electron chi connectivity index (χ0n) is 10.9. The first-order valence-corrected chi connectivity index (χ1v) is 5.87. The lowest BCUT2D eigenvalue weighted by Gasteiger charge is -2.10. The number of aromatic nitrogens is 1. The van der Waals surface area contributed by atoms with E-state index in [-0.39, 0.29) is 0 Å². The molecule has 3 heteroatoms. The molecule has 0 aliphatic heterocycles. The fraction of sp³-hybridized carbons (Fsp3) is 0.200. The van der Waals surface area contributed by atoms with Crippen molar-refractivity contribution in [2.45, 2.75) is 20.8 Å². The second-order valence-electron chi connectivity index (χ2n) is 4.57. The van der Waals surface area contributed by atoms with Crippen LogP contribution in [0.15, 0.2) is 36.2 Å². The van der Waals surface area contributed by atoms with Crippen LogP contribution in [0, 0.1) is 12.3 Å². The van der Waals surface area contributed by atoms with Crippen molar-refractivity contribution < 1.29 is 0 Å². The van der Waals surface area contributed by atoms with Gasteiger partial charge in [0.25, 0.3) is 0 Å². The Morgan fingerprint density at radius 1 is 1.17 bits per heavy atom. The zero-order valence-corrected chi connectivity index (χ0v) is 10.9. The van der Waals surface area contributed by atoms with Gasteiger partial charge in [-0.2, -0.15) is 0 Å². The van der Waals surface area contributed by atoms with Crippen molar-refractivity contribution >= 4 is 22.1 Å². The van der Waals surface area contributed by atoms with Crippen molar-refractivity contribution in [2.24, 2.45) is 5.73 Å². The molecule has 0 radical (unpaired) electrons. The summed E-state index contributed by atoms with van der Waals surface area (Å²) in [4.78, 5) is 4.30. The topological polar surface area (TPSA) is 62.8 Å². The largest absolute Gasteiger partial charge is 0.402 e. The number of hydrogen-bond donors (Lipinski definition) is 2. The van der Waals surface area contributed by atoms with Gasteiger partial charge < -0.3 is 11.1 Å². The van der Waals surface area contributed by atoms with Crippen LogP contribution in [0.3, 0.4) is 0 Å². The summed E-state index contributed by atoms with van der Waals surface area (Å²) in [7, 11) is 0. The number of fused-ring (bicyclic) bond motifs is 1. The fourth-order valence-electron chi connectivity index (χ4n) is 2.15. The number of rotatable bonds is 2. The third kappa shape index (κ3) is 2.25. The minimum Gasteiger partial charge on any atom is -0.402 e. The molecule has 0 spiro atoms. The summed E-state index contributed by atoms with van der Waals surface area (Å²) in [5, 5.41) is 10.0. The van der Waals surface area contributed by atoms with Gasteiger partial charge in [0.05, 0.1) is 0 Å². The van der Waals surface area contributed by atoms with Crippen molar-refractivity contribution in [3.05, 3.63) is 47.4 Å². The van der Waals surface area contributed by atoms with Gasteiger partial charge in [0.15, 0.2) is 0 Å². The van der Waals surface area contributed by atoms with Gasteiger partial charge >= 0.3 is 0 Å². The molecule has 2 rings (SSSR count). The number of allylic oxidation sites excluding steroid dienone is 2. The molecule has 1 aromatic carbocycles. The summed E-state index contributed by atoms with van der Waals surface area (Å²) < 4.78 is 0. The van der Waals surface area contributed by atoms with Crippen LogP contribution >= 0.6 is 0 Å². The molecule has 3 nitrogen and oxygen atoms in total. The second-order valence-corrected chi connectivity index (χ2v) is 4.57. The number of hydrogen-bond acceptors (Lipinski definition) is 3. The Labute approximate surface area is 107 Å². The summed E-state index contributed by atoms with van der Waals surface area (Å²) in [6, 6.07) is 8.14. The summed E-state index contributed by atoms with van der Waals surface area (Å²) in [6.07, 6.45) is 1.86. The molecule has 0 bridgehead atoms. The van der Waals surface area contributed by atoms with Crippen LogP contribution in [0.4, 0.5) is 0 Å². The van der Waals surface area contributed by atoms with Gasteiger partial charge in [0, 0.05) is 34.3 Å². The van der Waals surface area contributed by atoms with Gasteiger partial charge in [-0.15, -0.1) is 0 Å². The quantitative estimate of drug-likeness (QED) is 0.790. The van der Waals surface area contributed by atoms with Gasteiger partial charge in [-0.1, -0.05) is 12.1 Å². The molecule has 1 aromatic heterocycles. The van der Waals surface area contributed by atoms with Crippen molar-refractivity contribution in [3.8, 4) is 0 Å². The van der Waals surface area contributed by atoms with E-state index in [4.69, 9.17) is 11.1 Å². The SMILES string of the molecule is CC(=N)C(=C(C)N)c1ccc2cc(C)ncc2c1. The molecule has 0 saturated heterocycles. The lowest BCUT2D eigenvalue weighted by atomic mass is 9.98. The summed E-state index contributed by atoms with van der Waals surface area (Å²) in [6.45, 7) is 5.55. The molecule has 2 aromatic rings. The Kier molecular flexibility index (Phi) is 3.15. The molecule has 18 heavy (non-hydrogen) atoms. The van der Waals surface area contributed by atoms with Crippen molar-refractivity contribution in [2.75, 3.05) is 0 Å². The number of nitrogens with zero attached hydrogens (tertiary/aromatic N) is 1. The highest BCUT2D eigenvalue weighted by Crippen LogP contribution is 2.23. The van der Waals surface area contributed by atoms with E-state index in [1.807, 2.05) is 38.2 Å². The lowest BCUT2D eigenvalue weighted by Crippen LogP contribution is -2.04. The molecule has 0 atom stereocenters. The molecule has 0 saturated carbocycles. The van der Waals surface area contributed by atoms with Gasteiger partial charge in [0.1, 0.15) is 0 Å². The van der Waals surface area contributed by atoms with Crippen LogP contribution in [0.5, 0.6) is 0 Å². The minimum atomic E-state index is 0.481. The predicted molar refractivity (Wildman–Crippen MR) is 76.7 cm³/mol. The summed E-state index contributed by atoms with van der Waals surface area (Å²) in [5.41, 5.74) is 9.79. The van der Waals surface area contributed by atoms with Crippen LogP contribution in [-0.2, 0) is 0 Å². The van der Waals surface area contributed by atoms with Gasteiger partial charge in [-0.05, 0) is 43.9 Å². The van der Waals surface area contributed by atoms with Crippen molar-refractivity contribution in [1.82, 2.24) is 4.98 Å². The average Bonchev–Trinajstić information content (AvgIpc) is 2.28. The number of nitrogens with one attached hydrogen (secondary N) is 1. The van der Waals surface area contributed by atoms with E-state index in [9.17, 15) is 0 Å². The Balaban J connectivity index is 2.64. The van der Waals surface area contributed by atoms with Gasteiger partial charge in [-0.3, -0.25) is 4.98 Å². The standard InChI is InChI=1S/C15H17N3/c1-9-6-12-4-5-13(7-14(12)8-18-9)15(10(2)16)11(3)17/h4-8,16H,17H2,1-3H3. The monoisotopic (exact) mass is 239 g/mol. The summed E-state index contributed by atoms with van der Waals surface area (Å²) in [5.74, 6) is 0. The maximum absolute atomic E-state index is 7.81. The first-order valence-electron chi connectivity index (χ1n) is 5.87. The van der Waals surface area contributed by atoms with Crippen LogP contribution in [0.2, 0.25) is 0 Å². The van der Waals surface area contributed by atoms with E-state index in [1.54, 1.807) is 6.92 Å². The Morgan fingerprint density at radius 2 is 1.89 bits per heavy atom. The number of benzene rings is 1. The Bertz CT molecular complexity index is 650. The average molecular weight is 239 g/mol. The molecular formula is C15H17N3. The third-order valence-corrected chi connectivity index (χ3v) is 2.92. The Morgan fingerprint density at radius 3 is 2.50 bits per heavy atom. The van der Waals surface area contributed by atoms with E-state index in [0.717, 1.165) is 27.6 Å². The molecule has 92 valence electrons. The molecule has 1 heterocycles. The molecule has 0 aliphatic rings. The highest BCUT2D eigenvalue weighted by molar-refractivity contribution is 6.22. The van der Waals surface area contributed by atoms with E-state index in [1.165, 1.54) is 0 Å². The van der Waals surface area contributed by atoms with Crippen molar-refractivity contribution in [3.63, 3.8) is 0 Å². The summed E-state index contributed by atoms with van der Waals surface area (Å²) >= 11 is 0. The first-order chi connectivity index (χ1) is 8.49. The normalized spacial score (nSPS) is 12.4. The van der Waals surface area contributed by atoms with E-state index in [0.29, 0.717) is 11.4 Å². The highest BCUT2D eigenvalue weighted by Gasteiger charge is 2.07. The predicted octanol–water partition coefficient (Wildman–Crippen LogP) is 3.27. The molecule has 0 amide bonds. The smallest absolute Gasteiger partial charge is 0.0379 e. The van der Waals surface area contributed by atoms with Crippen molar-refractivity contribution in [1.29, 1.82) is 5.41 Å².